The van der Waals surface area contributed by atoms with Crippen LogP contribution in [0.1, 0.15) is 6.92 Å². The maximum absolute atomic E-state index is 5.84. The summed E-state index contributed by atoms with van der Waals surface area (Å²) in [5.74, 6) is 0.793. The second-order valence-electron chi connectivity index (χ2n) is 4.77. The summed E-state index contributed by atoms with van der Waals surface area (Å²) in [5, 5.41) is 8.51. The van der Waals surface area contributed by atoms with Crippen molar-refractivity contribution in [3.8, 4) is 0 Å². The zero-order valence-electron chi connectivity index (χ0n) is 11.2. The van der Waals surface area contributed by atoms with Crippen molar-refractivity contribution in [1.82, 2.24) is 19.7 Å². The van der Waals surface area contributed by atoms with Crippen LogP contribution in [0.2, 0.25) is 0 Å². The molecule has 0 spiro atoms. The predicted octanol–water partition coefficient (Wildman–Crippen LogP) is 1.91. The van der Waals surface area contributed by atoms with Gasteiger partial charge in [0, 0.05) is 29.5 Å². The van der Waals surface area contributed by atoms with Gasteiger partial charge in [-0.2, -0.15) is 5.10 Å². The van der Waals surface area contributed by atoms with E-state index in [1.54, 1.807) is 12.5 Å². The Labute approximate surface area is 116 Å². The molecule has 1 unspecified atom stereocenters. The third-order valence-electron chi connectivity index (χ3n) is 3.06. The van der Waals surface area contributed by atoms with Gasteiger partial charge < -0.3 is 11.1 Å². The molecule has 1 aromatic carbocycles. The second kappa shape index (κ2) is 5.16. The molecule has 1 atom stereocenters. The average Bonchev–Trinajstić information content (AvgIpc) is 2.92. The summed E-state index contributed by atoms with van der Waals surface area (Å²) in [5.41, 5.74) is 7.42. The Morgan fingerprint density at radius 3 is 3.05 bits per heavy atom. The van der Waals surface area contributed by atoms with E-state index in [0.717, 1.165) is 23.3 Å². The van der Waals surface area contributed by atoms with Crippen LogP contribution in [0.3, 0.4) is 0 Å². The van der Waals surface area contributed by atoms with E-state index in [4.69, 9.17) is 5.73 Å². The highest BCUT2D eigenvalue weighted by Gasteiger charge is 2.08. The van der Waals surface area contributed by atoms with Crippen molar-refractivity contribution < 1.29 is 0 Å². The van der Waals surface area contributed by atoms with E-state index in [-0.39, 0.29) is 6.04 Å². The first-order valence-electron chi connectivity index (χ1n) is 6.46. The largest absolute Gasteiger partial charge is 0.399 e. The molecule has 3 rings (SSSR count). The van der Waals surface area contributed by atoms with E-state index in [0.29, 0.717) is 5.69 Å². The summed E-state index contributed by atoms with van der Waals surface area (Å²) < 4.78 is 1.88. The molecule has 0 aliphatic heterocycles. The van der Waals surface area contributed by atoms with E-state index >= 15 is 0 Å². The van der Waals surface area contributed by atoms with Gasteiger partial charge in [-0.05, 0) is 31.2 Å². The van der Waals surface area contributed by atoms with Crippen molar-refractivity contribution in [3.63, 3.8) is 0 Å². The van der Waals surface area contributed by atoms with E-state index in [2.05, 4.69) is 27.3 Å². The van der Waals surface area contributed by atoms with Gasteiger partial charge in [0.05, 0.1) is 12.1 Å². The Kier molecular flexibility index (Phi) is 3.20. The van der Waals surface area contributed by atoms with Gasteiger partial charge >= 0.3 is 0 Å². The van der Waals surface area contributed by atoms with Crippen LogP contribution >= 0.6 is 0 Å². The lowest BCUT2D eigenvalue weighted by molar-refractivity contribution is 0.560. The number of aromatic nitrogens is 4. The van der Waals surface area contributed by atoms with Gasteiger partial charge in [0.2, 0.25) is 0 Å². The smallest absolute Gasteiger partial charge is 0.137 e. The Bertz CT molecular complexity index is 707. The third kappa shape index (κ3) is 2.54. The van der Waals surface area contributed by atoms with Crippen LogP contribution in [0, 0.1) is 0 Å². The molecule has 3 aromatic rings. The highest BCUT2D eigenvalue weighted by atomic mass is 15.3. The van der Waals surface area contributed by atoms with Gasteiger partial charge in [-0.3, -0.25) is 4.68 Å². The first kappa shape index (κ1) is 12.4. The van der Waals surface area contributed by atoms with Crippen LogP contribution in [-0.2, 0) is 6.54 Å². The number of anilines is 2. The molecule has 0 bridgehead atoms. The number of rotatable bonds is 4. The van der Waals surface area contributed by atoms with Gasteiger partial charge in [-0.25, -0.2) is 9.97 Å². The highest BCUT2D eigenvalue weighted by molar-refractivity contribution is 5.91. The highest BCUT2D eigenvalue weighted by Crippen LogP contribution is 2.22. The average molecular weight is 268 g/mol. The molecule has 6 heteroatoms. The molecule has 6 nitrogen and oxygen atoms in total. The molecule has 2 aromatic heterocycles. The van der Waals surface area contributed by atoms with Crippen LogP contribution in [0.25, 0.3) is 10.9 Å². The monoisotopic (exact) mass is 268 g/mol. The fraction of sp³-hybridized carbons (Fsp3) is 0.214. The first-order chi connectivity index (χ1) is 9.72. The molecule has 0 fully saturated rings. The molecular weight excluding hydrogens is 252 g/mol. The lowest BCUT2D eigenvalue weighted by Crippen LogP contribution is -2.23. The quantitative estimate of drug-likeness (QED) is 0.706. The van der Waals surface area contributed by atoms with Crippen LogP contribution in [0.5, 0.6) is 0 Å². The van der Waals surface area contributed by atoms with E-state index in [9.17, 15) is 0 Å². The molecule has 0 aliphatic rings. The minimum absolute atomic E-state index is 0.189. The van der Waals surface area contributed by atoms with Crippen LogP contribution in [0.15, 0.2) is 43.0 Å². The molecule has 0 amide bonds. The number of nitrogens with zero attached hydrogens (tertiary/aromatic N) is 4. The maximum Gasteiger partial charge on any atom is 0.137 e. The summed E-state index contributed by atoms with van der Waals surface area (Å²) in [6, 6.07) is 7.72. The fourth-order valence-corrected chi connectivity index (χ4v) is 2.16. The molecule has 0 saturated carbocycles. The maximum atomic E-state index is 5.84. The van der Waals surface area contributed by atoms with Crippen LogP contribution in [-0.4, -0.2) is 25.8 Å². The van der Waals surface area contributed by atoms with E-state index < -0.39 is 0 Å². The predicted molar refractivity (Wildman–Crippen MR) is 79.3 cm³/mol. The van der Waals surface area contributed by atoms with Crippen molar-refractivity contribution in [2.75, 3.05) is 11.1 Å². The summed E-state index contributed by atoms with van der Waals surface area (Å²) in [6.07, 6.45) is 5.27. The molecule has 102 valence electrons. The van der Waals surface area contributed by atoms with Crippen LogP contribution < -0.4 is 11.1 Å². The van der Waals surface area contributed by atoms with Crippen molar-refractivity contribution in [2.45, 2.75) is 19.5 Å². The van der Waals surface area contributed by atoms with E-state index in [1.165, 1.54) is 0 Å². The number of nitrogens with two attached hydrogens (primary N) is 1. The van der Waals surface area contributed by atoms with Gasteiger partial charge in [0.25, 0.3) is 0 Å². The molecular formula is C14H16N6. The topological polar surface area (TPSA) is 81.7 Å². The SMILES string of the molecule is CC(Cn1cccn1)Nc1ncnc2ccc(N)cc12. The Morgan fingerprint density at radius 2 is 2.25 bits per heavy atom. The van der Waals surface area contributed by atoms with Gasteiger partial charge in [0.1, 0.15) is 12.1 Å². The van der Waals surface area contributed by atoms with Crippen LogP contribution in [0.4, 0.5) is 11.5 Å². The number of hydrogen-bond donors (Lipinski definition) is 2. The molecule has 20 heavy (non-hydrogen) atoms. The molecule has 0 radical (unpaired) electrons. The standard InChI is InChI=1S/C14H16N6/c1-10(8-20-6-2-5-18-20)19-14-12-7-11(15)3-4-13(12)16-9-17-14/h2-7,9-10H,8,15H2,1H3,(H,16,17,19). The molecule has 2 heterocycles. The van der Waals surface area contributed by atoms with E-state index in [1.807, 2.05) is 35.1 Å². The minimum atomic E-state index is 0.189. The Morgan fingerprint density at radius 1 is 1.35 bits per heavy atom. The number of nitrogens with one attached hydrogen (secondary N) is 1. The zero-order valence-corrected chi connectivity index (χ0v) is 11.2. The number of nitrogen functional groups attached to an aromatic ring is 1. The Hall–Kier alpha value is -2.63. The lowest BCUT2D eigenvalue weighted by atomic mass is 10.2. The second-order valence-corrected chi connectivity index (χ2v) is 4.77. The van der Waals surface area contributed by atoms with Gasteiger partial charge in [0.15, 0.2) is 0 Å². The minimum Gasteiger partial charge on any atom is -0.399 e. The summed E-state index contributed by atoms with van der Waals surface area (Å²) >= 11 is 0. The molecule has 0 aliphatic carbocycles. The van der Waals surface area contributed by atoms with Crippen molar-refractivity contribution in [1.29, 1.82) is 0 Å². The molecule has 0 saturated heterocycles. The van der Waals surface area contributed by atoms with Crippen molar-refractivity contribution >= 4 is 22.4 Å². The summed E-state index contributed by atoms with van der Waals surface area (Å²) in [6.45, 7) is 2.85. The van der Waals surface area contributed by atoms with Crippen molar-refractivity contribution in [3.05, 3.63) is 43.0 Å². The summed E-state index contributed by atoms with van der Waals surface area (Å²) in [4.78, 5) is 8.55. The van der Waals surface area contributed by atoms with Gasteiger partial charge in [-0.1, -0.05) is 0 Å². The summed E-state index contributed by atoms with van der Waals surface area (Å²) in [7, 11) is 0. The number of hydrogen-bond acceptors (Lipinski definition) is 5. The Balaban J connectivity index is 1.85. The fourth-order valence-electron chi connectivity index (χ4n) is 2.16. The lowest BCUT2D eigenvalue weighted by Gasteiger charge is -2.15. The van der Waals surface area contributed by atoms with Gasteiger partial charge in [-0.15, -0.1) is 0 Å². The zero-order chi connectivity index (χ0) is 13.9. The normalized spacial score (nSPS) is 12.4. The number of fused-ring (bicyclic) bond motifs is 1. The number of benzene rings is 1. The van der Waals surface area contributed by atoms with Crippen molar-refractivity contribution in [2.24, 2.45) is 0 Å². The third-order valence-corrected chi connectivity index (χ3v) is 3.06. The molecule has 3 N–H and O–H groups in total. The first-order valence-corrected chi connectivity index (χ1v) is 6.46.